The lowest BCUT2D eigenvalue weighted by Gasteiger charge is -2.39. The summed E-state index contributed by atoms with van der Waals surface area (Å²) in [6.07, 6.45) is 0. The fraction of sp³-hybridized carbons (Fsp3) is 0.200. The first kappa shape index (κ1) is 34.4. The van der Waals surface area contributed by atoms with Crippen molar-refractivity contribution in [3.63, 3.8) is 0 Å². The van der Waals surface area contributed by atoms with Gasteiger partial charge in [0.1, 0.15) is 4.75 Å². The fourth-order valence-electron chi connectivity index (χ4n) is 6.13. The van der Waals surface area contributed by atoms with Gasteiger partial charge in [-0.15, -0.1) is 0 Å². The summed E-state index contributed by atoms with van der Waals surface area (Å²) < 4.78 is -0.709. The van der Waals surface area contributed by atoms with Gasteiger partial charge in [0.2, 0.25) is 5.91 Å². The second-order valence-electron chi connectivity index (χ2n) is 12.5. The molecule has 5 aromatic rings. The Kier molecular flexibility index (Phi) is 10.3. The molecule has 0 aliphatic carbocycles. The van der Waals surface area contributed by atoms with Gasteiger partial charge >= 0.3 is 0 Å². The van der Waals surface area contributed by atoms with E-state index in [1.54, 1.807) is 11.8 Å². The van der Waals surface area contributed by atoms with Gasteiger partial charge in [0.25, 0.3) is 0 Å². The molecule has 0 saturated heterocycles. The number of amides is 1. The molecule has 0 bridgehead atoms. The van der Waals surface area contributed by atoms with Crippen LogP contribution in [-0.2, 0) is 22.6 Å². The Balaban J connectivity index is 1.55. The van der Waals surface area contributed by atoms with Crippen LogP contribution in [0.25, 0.3) is 0 Å². The summed E-state index contributed by atoms with van der Waals surface area (Å²) in [4.78, 5) is 24.1. The van der Waals surface area contributed by atoms with Gasteiger partial charge < -0.3 is 20.0 Å². The third-order valence-corrected chi connectivity index (χ3v) is 10.8. The molecule has 49 heavy (non-hydrogen) atoms. The zero-order chi connectivity index (χ0) is 34.7. The molecule has 250 valence electrons. The predicted octanol–water partition coefficient (Wildman–Crippen LogP) is 9.49. The van der Waals surface area contributed by atoms with Gasteiger partial charge in [0, 0.05) is 80.9 Å². The van der Waals surface area contributed by atoms with Crippen molar-refractivity contribution in [2.75, 3.05) is 42.9 Å². The number of amidine groups is 1. The maximum atomic E-state index is 12.5. The number of carbonyl (C=O) groups excluding carboxylic acids is 1. The molecule has 0 saturated carbocycles. The van der Waals surface area contributed by atoms with Crippen LogP contribution in [0.4, 0.5) is 22.7 Å². The van der Waals surface area contributed by atoms with Crippen molar-refractivity contribution < 1.29 is 4.79 Å². The number of hydrogen-bond acceptors (Lipinski definition) is 6. The zero-order valence-corrected chi connectivity index (χ0v) is 30.6. The molecule has 1 aliphatic heterocycles. The Bertz CT molecular complexity index is 1890. The van der Waals surface area contributed by atoms with Crippen LogP contribution in [0.1, 0.15) is 34.7 Å². The second kappa shape index (κ2) is 14.6. The number of aliphatic imine (C=N–C) groups is 1. The van der Waals surface area contributed by atoms with E-state index in [9.17, 15) is 4.79 Å². The van der Waals surface area contributed by atoms with Crippen LogP contribution in [0.5, 0.6) is 0 Å². The van der Waals surface area contributed by atoms with Crippen molar-refractivity contribution in [1.29, 1.82) is 0 Å². The predicted molar refractivity (Wildman–Crippen MR) is 209 cm³/mol. The van der Waals surface area contributed by atoms with E-state index in [1.807, 2.05) is 76.7 Å². The summed E-state index contributed by atoms with van der Waals surface area (Å²) in [6.45, 7) is 2.64. The first-order valence-electron chi connectivity index (χ1n) is 16.0. The number of nitrogens with one attached hydrogen (secondary N) is 1. The number of nitrogens with zero attached hydrogens (tertiary/aromatic N) is 4. The molecule has 0 unspecified atom stereocenters. The molecule has 1 amide bonds. The molecule has 0 fully saturated rings. The Hall–Kier alpha value is -4.43. The quantitative estimate of drug-likeness (QED) is 0.165. The van der Waals surface area contributed by atoms with Crippen LogP contribution < -0.4 is 20.0 Å². The van der Waals surface area contributed by atoms with Crippen LogP contribution in [0.15, 0.2) is 120 Å². The number of anilines is 3. The molecule has 1 heterocycles. The molecule has 6 rings (SSSR count). The fourth-order valence-corrected chi connectivity index (χ4v) is 7.94. The molecule has 6 nitrogen and oxygen atoms in total. The lowest BCUT2D eigenvalue weighted by atomic mass is 9.82. The summed E-state index contributed by atoms with van der Waals surface area (Å²) in [7, 11) is 8.15. The number of hydrogen-bond donors (Lipinski definition) is 1. The van der Waals surface area contributed by atoms with Crippen molar-refractivity contribution in [3.05, 3.63) is 153 Å². The van der Waals surface area contributed by atoms with Gasteiger partial charge in [0.05, 0.1) is 5.69 Å². The topological polar surface area (TPSA) is 51.2 Å². The normalized spacial score (nSPS) is 13.2. The van der Waals surface area contributed by atoms with E-state index in [2.05, 4.69) is 86.7 Å². The smallest absolute Gasteiger partial charge is 0.222 e. The molecule has 0 radical (unpaired) electrons. The van der Waals surface area contributed by atoms with Crippen molar-refractivity contribution in [1.82, 2.24) is 5.32 Å². The molecule has 5 aromatic carbocycles. The third kappa shape index (κ3) is 7.30. The van der Waals surface area contributed by atoms with Crippen molar-refractivity contribution in [2.45, 2.75) is 24.8 Å². The van der Waals surface area contributed by atoms with Crippen LogP contribution >= 0.6 is 35.0 Å². The van der Waals surface area contributed by atoms with E-state index < -0.39 is 4.75 Å². The minimum Gasteiger partial charge on any atom is -0.378 e. The average Bonchev–Trinajstić information content (AvgIpc) is 3.09. The maximum Gasteiger partial charge on any atom is 0.222 e. The van der Waals surface area contributed by atoms with Crippen LogP contribution in [-0.4, -0.2) is 39.3 Å². The number of benzene rings is 5. The summed E-state index contributed by atoms with van der Waals surface area (Å²) in [5.74, 6) is -0.176. The largest absolute Gasteiger partial charge is 0.378 e. The number of fused-ring (bicyclic) bond motifs is 1. The average molecular weight is 709 g/mol. The summed E-state index contributed by atoms with van der Waals surface area (Å²) in [6, 6.07) is 39.5. The highest BCUT2D eigenvalue weighted by atomic mass is 35.5. The first-order valence-corrected chi connectivity index (χ1v) is 17.6. The third-order valence-electron chi connectivity index (χ3n) is 8.70. The second-order valence-corrected chi connectivity index (χ2v) is 14.5. The van der Waals surface area contributed by atoms with E-state index in [1.165, 1.54) is 6.92 Å². The van der Waals surface area contributed by atoms with Crippen LogP contribution in [0.3, 0.4) is 0 Å². The van der Waals surface area contributed by atoms with Gasteiger partial charge in [-0.2, -0.15) is 0 Å². The Labute approximate surface area is 303 Å². The van der Waals surface area contributed by atoms with Gasteiger partial charge in [0.15, 0.2) is 5.17 Å². The van der Waals surface area contributed by atoms with E-state index in [0.29, 0.717) is 28.3 Å². The standard InChI is InChI=1S/C40H39Cl2N5OS/c1-27(48)43-39-44-38-24-34(47(25-28-10-6-8-12-36(28)41)26-29-11-7-9-13-37(29)42)22-23-35(38)40(49-39,30-14-18-32(19-15-30)45(2)3)31-16-20-33(21-17-31)46(4)5/h6-24H,25-26H2,1-5H3,(H,43,44,48). The highest BCUT2D eigenvalue weighted by Gasteiger charge is 2.43. The Morgan fingerprint density at radius 1 is 0.694 bits per heavy atom. The number of rotatable bonds is 9. The van der Waals surface area contributed by atoms with E-state index in [4.69, 9.17) is 28.2 Å². The number of halogens is 2. The van der Waals surface area contributed by atoms with Crippen molar-refractivity contribution in [2.24, 2.45) is 4.99 Å². The summed E-state index contributed by atoms with van der Waals surface area (Å²) in [5.41, 5.74) is 9.13. The number of thioether (sulfide) groups is 1. The lowest BCUT2D eigenvalue weighted by Crippen LogP contribution is -2.36. The SMILES string of the molecule is CC(=O)NC1=Nc2cc(N(Cc3ccccc3Cl)Cc3ccccc3Cl)ccc2C(c2ccc(N(C)C)cc2)(c2ccc(N(C)C)cc2)S1. The van der Waals surface area contributed by atoms with Gasteiger partial charge in [-0.3, -0.25) is 4.79 Å². The van der Waals surface area contributed by atoms with Gasteiger partial charge in [-0.1, -0.05) is 102 Å². The highest BCUT2D eigenvalue weighted by molar-refractivity contribution is 8.15. The molecule has 1 N–H and O–H groups in total. The van der Waals surface area contributed by atoms with Crippen molar-refractivity contribution in [3.8, 4) is 0 Å². The molecule has 0 atom stereocenters. The number of carbonyl (C=O) groups is 1. The minimum absolute atomic E-state index is 0.176. The Morgan fingerprint density at radius 3 is 1.61 bits per heavy atom. The van der Waals surface area contributed by atoms with Crippen LogP contribution in [0.2, 0.25) is 10.0 Å². The maximum absolute atomic E-state index is 12.5. The van der Waals surface area contributed by atoms with Crippen molar-refractivity contribution >= 4 is 68.8 Å². The molecular formula is C40H39Cl2N5OS. The summed E-state index contributed by atoms with van der Waals surface area (Å²) in [5, 5.41) is 4.97. The molecule has 1 aliphatic rings. The molecule has 0 spiro atoms. The first-order chi connectivity index (χ1) is 23.5. The highest BCUT2D eigenvalue weighted by Crippen LogP contribution is 2.55. The summed E-state index contributed by atoms with van der Waals surface area (Å²) >= 11 is 14.9. The Morgan fingerprint density at radius 2 is 1.16 bits per heavy atom. The zero-order valence-electron chi connectivity index (χ0n) is 28.2. The van der Waals surface area contributed by atoms with Gasteiger partial charge in [-0.25, -0.2) is 4.99 Å². The van der Waals surface area contributed by atoms with E-state index in [0.717, 1.165) is 50.6 Å². The molecule has 9 heteroatoms. The monoisotopic (exact) mass is 707 g/mol. The molecule has 0 aromatic heterocycles. The minimum atomic E-state index is -0.709. The van der Waals surface area contributed by atoms with E-state index in [-0.39, 0.29) is 5.91 Å². The van der Waals surface area contributed by atoms with Gasteiger partial charge in [-0.05, 0) is 70.8 Å². The lowest BCUT2D eigenvalue weighted by molar-refractivity contribution is -0.117. The molecular weight excluding hydrogens is 669 g/mol. The van der Waals surface area contributed by atoms with Crippen LogP contribution in [0, 0.1) is 0 Å². The van der Waals surface area contributed by atoms with E-state index >= 15 is 0 Å².